The average molecular weight is 514 g/mol. The van der Waals surface area contributed by atoms with Crippen molar-refractivity contribution in [2.75, 3.05) is 31.1 Å². The lowest BCUT2D eigenvalue weighted by Crippen LogP contribution is -2.48. The van der Waals surface area contributed by atoms with Crippen LogP contribution in [-0.4, -0.2) is 43.3 Å². The van der Waals surface area contributed by atoms with E-state index in [1.54, 1.807) is 11.3 Å². The van der Waals surface area contributed by atoms with E-state index in [4.69, 9.17) is 0 Å². The van der Waals surface area contributed by atoms with E-state index in [1.807, 2.05) is 31.2 Å². The molecule has 2 heterocycles. The van der Waals surface area contributed by atoms with Crippen LogP contribution in [0.15, 0.2) is 46.8 Å². The lowest BCUT2D eigenvalue weighted by Gasteiger charge is -2.33. The fourth-order valence-corrected chi connectivity index (χ4v) is 4.06. The van der Waals surface area contributed by atoms with Gasteiger partial charge in [-0.05, 0) is 49.8 Å². The zero-order valence-electron chi connectivity index (χ0n) is 16.6. The van der Waals surface area contributed by atoms with E-state index in [0.29, 0.717) is 12.6 Å². The average Bonchev–Trinajstić information content (AvgIpc) is 3.22. The Bertz CT molecular complexity index is 713. The van der Waals surface area contributed by atoms with Gasteiger partial charge in [0.2, 0.25) is 0 Å². The van der Waals surface area contributed by atoms with Gasteiger partial charge in [0.15, 0.2) is 5.96 Å². The number of rotatable bonds is 6. The fraction of sp³-hybridized carbons (Fsp3) is 0.476. The minimum Gasteiger partial charge on any atom is -0.386 e. The summed E-state index contributed by atoms with van der Waals surface area (Å²) in [6.07, 6.45) is 1.59. The number of aliphatic imine (C=N–C) groups is 1. The van der Waals surface area contributed by atoms with Gasteiger partial charge in [-0.2, -0.15) is 0 Å². The summed E-state index contributed by atoms with van der Waals surface area (Å²) in [4.78, 5) is 7.06. The van der Waals surface area contributed by atoms with Crippen molar-refractivity contribution in [3.05, 3.63) is 52.9 Å². The maximum absolute atomic E-state index is 10.4. The Morgan fingerprint density at radius 3 is 2.57 bits per heavy atom. The number of piperidine rings is 1. The Balaban J connectivity index is 0.00000280. The highest BCUT2D eigenvalue weighted by atomic mass is 127. The van der Waals surface area contributed by atoms with Crippen LogP contribution in [0.2, 0.25) is 0 Å². The number of aliphatic hydroxyl groups excluding tert-OH is 1. The van der Waals surface area contributed by atoms with Gasteiger partial charge in [0.05, 0.1) is 17.6 Å². The number of anilines is 1. The molecular weight excluding hydrogens is 483 g/mol. The van der Waals surface area contributed by atoms with Crippen LogP contribution in [0.3, 0.4) is 0 Å². The second-order valence-electron chi connectivity index (χ2n) is 7.00. The number of guanidine groups is 1. The van der Waals surface area contributed by atoms with Gasteiger partial charge in [-0.25, -0.2) is 0 Å². The zero-order chi connectivity index (χ0) is 19.1. The van der Waals surface area contributed by atoms with E-state index >= 15 is 0 Å². The van der Waals surface area contributed by atoms with Crippen LogP contribution in [0.25, 0.3) is 0 Å². The number of halogens is 1. The van der Waals surface area contributed by atoms with E-state index in [0.717, 1.165) is 44.0 Å². The normalized spacial score (nSPS) is 16.4. The molecule has 1 aromatic heterocycles. The van der Waals surface area contributed by atoms with Gasteiger partial charge in [-0.3, -0.25) is 4.99 Å². The van der Waals surface area contributed by atoms with Crippen molar-refractivity contribution < 1.29 is 5.11 Å². The van der Waals surface area contributed by atoms with Crippen molar-refractivity contribution in [3.63, 3.8) is 0 Å². The molecule has 7 heteroatoms. The van der Waals surface area contributed by atoms with E-state index in [-0.39, 0.29) is 24.0 Å². The highest BCUT2D eigenvalue weighted by Gasteiger charge is 2.20. The Hall–Kier alpha value is -1.32. The molecule has 154 valence electrons. The third kappa shape index (κ3) is 6.63. The third-order valence-corrected chi connectivity index (χ3v) is 5.81. The van der Waals surface area contributed by atoms with Crippen molar-refractivity contribution in [2.45, 2.75) is 38.8 Å². The van der Waals surface area contributed by atoms with Gasteiger partial charge in [0.1, 0.15) is 0 Å². The largest absolute Gasteiger partial charge is 0.386 e. The van der Waals surface area contributed by atoms with E-state index in [1.165, 1.54) is 10.6 Å². The van der Waals surface area contributed by atoms with Crippen LogP contribution >= 0.6 is 35.3 Å². The minimum atomic E-state index is -0.582. The topological polar surface area (TPSA) is 59.9 Å². The van der Waals surface area contributed by atoms with E-state index < -0.39 is 6.10 Å². The molecule has 0 saturated carbocycles. The fourth-order valence-electron chi connectivity index (χ4n) is 3.28. The van der Waals surface area contributed by atoms with E-state index in [2.05, 4.69) is 45.0 Å². The molecule has 0 radical (unpaired) electrons. The molecule has 1 saturated heterocycles. The van der Waals surface area contributed by atoms with Crippen molar-refractivity contribution in [3.8, 4) is 0 Å². The predicted molar refractivity (Wildman–Crippen MR) is 130 cm³/mol. The summed E-state index contributed by atoms with van der Waals surface area (Å²) in [6.45, 7) is 7.39. The molecule has 1 aliphatic heterocycles. The Morgan fingerprint density at radius 1 is 1.25 bits per heavy atom. The number of hydrogen-bond acceptors (Lipinski definition) is 4. The van der Waals surface area contributed by atoms with Gasteiger partial charge in [-0.15, -0.1) is 35.3 Å². The first-order valence-corrected chi connectivity index (χ1v) is 10.6. The molecule has 0 amide bonds. The van der Waals surface area contributed by atoms with Crippen molar-refractivity contribution in [2.24, 2.45) is 4.99 Å². The van der Waals surface area contributed by atoms with Gasteiger partial charge in [0, 0.05) is 25.7 Å². The summed E-state index contributed by atoms with van der Waals surface area (Å²) in [5.74, 6) is 0.790. The maximum Gasteiger partial charge on any atom is 0.191 e. The lowest BCUT2D eigenvalue weighted by atomic mass is 10.1. The zero-order valence-corrected chi connectivity index (χ0v) is 19.7. The standard InChI is InChI=1S/C21H30N4OS.HI/c1-3-22-21(23-15-19(26)17-8-6-16(2)7-9-17)24-18-10-12-25(13-11-18)20-5-4-14-27-20;/h4-9,14,18-19,26H,3,10-13,15H2,1-2H3,(H2,22,23,24);1H. The molecule has 1 aliphatic rings. The first-order chi connectivity index (χ1) is 13.2. The van der Waals surface area contributed by atoms with Gasteiger partial charge in [-0.1, -0.05) is 29.8 Å². The minimum absolute atomic E-state index is 0. The first kappa shape index (κ1) is 23.0. The number of aliphatic hydroxyl groups is 1. The van der Waals surface area contributed by atoms with Crippen LogP contribution in [0.5, 0.6) is 0 Å². The summed E-state index contributed by atoms with van der Waals surface area (Å²) in [6, 6.07) is 12.7. The van der Waals surface area contributed by atoms with Crippen LogP contribution in [-0.2, 0) is 0 Å². The quantitative estimate of drug-likeness (QED) is 0.311. The van der Waals surface area contributed by atoms with Crippen LogP contribution in [0.4, 0.5) is 5.00 Å². The smallest absolute Gasteiger partial charge is 0.191 e. The SMILES string of the molecule is CCNC(=NCC(O)c1ccc(C)cc1)NC1CCN(c2cccs2)CC1.I. The molecule has 5 nitrogen and oxygen atoms in total. The Kier molecular flexibility index (Phi) is 9.53. The molecule has 3 rings (SSSR count). The molecule has 0 bridgehead atoms. The summed E-state index contributed by atoms with van der Waals surface area (Å²) in [5.41, 5.74) is 2.10. The summed E-state index contributed by atoms with van der Waals surface area (Å²) in [7, 11) is 0. The Labute approximate surface area is 189 Å². The summed E-state index contributed by atoms with van der Waals surface area (Å²) >= 11 is 1.80. The predicted octanol–water partition coefficient (Wildman–Crippen LogP) is 3.93. The van der Waals surface area contributed by atoms with E-state index in [9.17, 15) is 5.11 Å². The van der Waals surface area contributed by atoms with Crippen LogP contribution in [0.1, 0.15) is 37.0 Å². The molecule has 1 unspecified atom stereocenters. The van der Waals surface area contributed by atoms with Crippen molar-refractivity contribution in [1.82, 2.24) is 10.6 Å². The third-order valence-electron chi connectivity index (χ3n) is 4.88. The van der Waals surface area contributed by atoms with Crippen molar-refractivity contribution in [1.29, 1.82) is 0 Å². The lowest BCUT2D eigenvalue weighted by molar-refractivity contribution is 0.187. The number of aryl methyl sites for hydroxylation is 1. The first-order valence-electron chi connectivity index (χ1n) is 9.73. The molecule has 0 aliphatic carbocycles. The highest BCUT2D eigenvalue weighted by Crippen LogP contribution is 2.24. The van der Waals surface area contributed by atoms with Gasteiger partial charge in [0.25, 0.3) is 0 Å². The monoisotopic (exact) mass is 514 g/mol. The van der Waals surface area contributed by atoms with Gasteiger partial charge >= 0.3 is 0 Å². The second kappa shape index (κ2) is 11.6. The Morgan fingerprint density at radius 2 is 1.96 bits per heavy atom. The van der Waals surface area contributed by atoms with Crippen LogP contribution < -0.4 is 15.5 Å². The molecule has 28 heavy (non-hydrogen) atoms. The maximum atomic E-state index is 10.4. The highest BCUT2D eigenvalue weighted by molar-refractivity contribution is 14.0. The molecule has 3 N–H and O–H groups in total. The molecule has 2 aromatic rings. The summed E-state index contributed by atoms with van der Waals surface area (Å²) in [5, 5.41) is 20.7. The summed E-state index contributed by atoms with van der Waals surface area (Å²) < 4.78 is 0. The molecule has 1 aromatic carbocycles. The molecule has 0 spiro atoms. The number of thiophene rings is 1. The molecule has 1 atom stereocenters. The second-order valence-corrected chi connectivity index (χ2v) is 7.93. The number of benzene rings is 1. The number of nitrogens with one attached hydrogen (secondary N) is 2. The van der Waals surface area contributed by atoms with Crippen molar-refractivity contribution >= 4 is 46.3 Å². The molecule has 1 fully saturated rings. The molecular formula is C21H31IN4OS. The number of hydrogen-bond donors (Lipinski definition) is 3. The van der Waals surface area contributed by atoms with Gasteiger partial charge < -0.3 is 20.6 Å². The number of nitrogens with zero attached hydrogens (tertiary/aromatic N) is 2. The van der Waals surface area contributed by atoms with Crippen LogP contribution in [0, 0.1) is 6.92 Å².